The van der Waals surface area contributed by atoms with E-state index in [9.17, 15) is 0 Å². The van der Waals surface area contributed by atoms with E-state index in [2.05, 4.69) is 22.8 Å². The van der Waals surface area contributed by atoms with E-state index in [1.807, 2.05) is 24.3 Å². The maximum atomic E-state index is 6.27. The van der Waals surface area contributed by atoms with Gasteiger partial charge in [-0.1, -0.05) is 41.9 Å². The predicted molar refractivity (Wildman–Crippen MR) is 121 cm³/mol. The van der Waals surface area contributed by atoms with Crippen LogP contribution < -0.4 is 20.1 Å². The van der Waals surface area contributed by atoms with Crippen molar-refractivity contribution >= 4 is 36.4 Å². The van der Waals surface area contributed by atoms with Crippen molar-refractivity contribution in [3.8, 4) is 11.5 Å². The van der Waals surface area contributed by atoms with Crippen LogP contribution in [0.1, 0.15) is 24.0 Å². The summed E-state index contributed by atoms with van der Waals surface area (Å²) in [6.07, 6.45) is 2.45. The molecule has 4 nitrogen and oxygen atoms in total. The molecule has 0 aliphatic carbocycles. The number of hydrogen-bond acceptors (Lipinski definition) is 4. The lowest BCUT2D eigenvalue weighted by atomic mass is 9.98. The summed E-state index contributed by atoms with van der Waals surface area (Å²) in [4.78, 5) is 0. The molecule has 2 N–H and O–H groups in total. The molecule has 1 aliphatic heterocycles. The SMILES string of the molecule is COc1cc(Cl)cc(CNCC2CCNCC2)c1OCc1ccccc1.Cl.Cl. The van der Waals surface area contributed by atoms with Gasteiger partial charge in [0.25, 0.3) is 0 Å². The second-order valence-corrected chi connectivity index (χ2v) is 7.13. The van der Waals surface area contributed by atoms with E-state index in [0.29, 0.717) is 23.9 Å². The molecular formula is C21H29Cl3N2O2. The van der Waals surface area contributed by atoms with E-state index < -0.39 is 0 Å². The largest absolute Gasteiger partial charge is 0.493 e. The van der Waals surface area contributed by atoms with Gasteiger partial charge in [0.2, 0.25) is 0 Å². The minimum atomic E-state index is 0. The summed E-state index contributed by atoms with van der Waals surface area (Å²) in [6, 6.07) is 13.9. The Balaban J connectivity index is 0.00000196. The molecule has 1 saturated heterocycles. The zero-order valence-electron chi connectivity index (χ0n) is 16.1. The first-order valence-corrected chi connectivity index (χ1v) is 9.58. The van der Waals surface area contributed by atoms with Crippen LogP contribution >= 0.6 is 36.4 Å². The number of methoxy groups -OCH3 is 1. The molecule has 1 fully saturated rings. The van der Waals surface area contributed by atoms with Crippen LogP contribution in [0.5, 0.6) is 11.5 Å². The fraction of sp³-hybridized carbons (Fsp3) is 0.429. The van der Waals surface area contributed by atoms with Crippen LogP contribution in [0.25, 0.3) is 0 Å². The zero-order valence-corrected chi connectivity index (χ0v) is 18.5. The number of hydrogen-bond donors (Lipinski definition) is 2. The molecule has 0 bridgehead atoms. The normalized spacial score (nSPS) is 13.9. The molecule has 3 rings (SSSR count). The average Bonchev–Trinajstić information content (AvgIpc) is 2.68. The van der Waals surface area contributed by atoms with Crippen molar-refractivity contribution in [1.29, 1.82) is 0 Å². The number of nitrogens with one attached hydrogen (secondary N) is 2. The quantitative estimate of drug-likeness (QED) is 0.606. The van der Waals surface area contributed by atoms with Crippen LogP contribution in [0.4, 0.5) is 0 Å². The lowest BCUT2D eigenvalue weighted by Gasteiger charge is -2.23. The highest BCUT2D eigenvalue weighted by Crippen LogP contribution is 2.35. The van der Waals surface area contributed by atoms with E-state index in [0.717, 1.165) is 42.4 Å². The van der Waals surface area contributed by atoms with Gasteiger partial charge in [0.1, 0.15) is 6.61 Å². The van der Waals surface area contributed by atoms with Gasteiger partial charge in [-0.05, 0) is 50.0 Å². The van der Waals surface area contributed by atoms with Gasteiger partial charge < -0.3 is 20.1 Å². The van der Waals surface area contributed by atoms with Crippen LogP contribution in [0.2, 0.25) is 5.02 Å². The van der Waals surface area contributed by atoms with Crippen molar-refractivity contribution in [3.05, 3.63) is 58.6 Å². The highest BCUT2D eigenvalue weighted by atomic mass is 35.5. The number of ether oxygens (including phenoxy) is 2. The van der Waals surface area contributed by atoms with Crippen LogP contribution in [0, 0.1) is 5.92 Å². The molecule has 0 spiro atoms. The first-order chi connectivity index (χ1) is 12.8. The summed E-state index contributed by atoms with van der Waals surface area (Å²) in [5.74, 6) is 2.16. The molecule has 28 heavy (non-hydrogen) atoms. The van der Waals surface area contributed by atoms with Gasteiger partial charge in [0, 0.05) is 23.2 Å². The minimum absolute atomic E-state index is 0. The first kappa shape index (κ1) is 24.9. The van der Waals surface area contributed by atoms with Crippen molar-refractivity contribution in [2.24, 2.45) is 5.92 Å². The minimum Gasteiger partial charge on any atom is -0.493 e. The predicted octanol–water partition coefficient (Wildman–Crippen LogP) is 4.86. The van der Waals surface area contributed by atoms with E-state index >= 15 is 0 Å². The molecule has 2 aromatic rings. The summed E-state index contributed by atoms with van der Waals surface area (Å²) in [5.41, 5.74) is 2.15. The number of rotatable bonds is 8. The van der Waals surface area contributed by atoms with E-state index in [-0.39, 0.29) is 24.8 Å². The maximum absolute atomic E-state index is 6.27. The highest BCUT2D eigenvalue weighted by molar-refractivity contribution is 6.30. The van der Waals surface area contributed by atoms with Crippen LogP contribution in [-0.4, -0.2) is 26.7 Å². The Morgan fingerprint density at radius 3 is 2.50 bits per heavy atom. The molecule has 1 heterocycles. The molecule has 1 aliphatic rings. The Morgan fingerprint density at radius 2 is 1.82 bits per heavy atom. The molecule has 0 saturated carbocycles. The molecule has 0 radical (unpaired) electrons. The molecule has 156 valence electrons. The number of piperidine rings is 1. The molecule has 0 atom stereocenters. The van der Waals surface area contributed by atoms with E-state index in [1.165, 1.54) is 12.8 Å². The lowest BCUT2D eigenvalue weighted by Crippen LogP contribution is -2.33. The third kappa shape index (κ3) is 7.34. The summed E-state index contributed by atoms with van der Waals surface area (Å²) < 4.78 is 11.6. The van der Waals surface area contributed by atoms with Crippen molar-refractivity contribution in [1.82, 2.24) is 10.6 Å². The summed E-state index contributed by atoms with van der Waals surface area (Å²) in [7, 11) is 1.65. The second-order valence-electron chi connectivity index (χ2n) is 6.69. The molecule has 0 amide bonds. The average molecular weight is 448 g/mol. The molecule has 0 unspecified atom stereocenters. The fourth-order valence-electron chi connectivity index (χ4n) is 3.30. The molecule has 7 heteroatoms. The lowest BCUT2D eigenvalue weighted by molar-refractivity contribution is 0.280. The first-order valence-electron chi connectivity index (χ1n) is 9.21. The van der Waals surface area contributed by atoms with Gasteiger partial charge in [-0.25, -0.2) is 0 Å². The van der Waals surface area contributed by atoms with Crippen molar-refractivity contribution in [3.63, 3.8) is 0 Å². The zero-order chi connectivity index (χ0) is 18.2. The Bertz CT molecular complexity index is 696. The van der Waals surface area contributed by atoms with Crippen LogP contribution in [-0.2, 0) is 13.2 Å². The second kappa shape index (κ2) is 13.1. The maximum Gasteiger partial charge on any atom is 0.166 e. The van der Waals surface area contributed by atoms with Gasteiger partial charge in [-0.3, -0.25) is 0 Å². The Hall–Kier alpha value is -1.17. The fourth-order valence-corrected chi connectivity index (χ4v) is 3.53. The standard InChI is InChI=1S/C21H27ClN2O2.2ClH/c1-25-20-12-19(22)11-18(14-24-13-16-7-9-23-10-8-16)21(20)26-15-17-5-3-2-4-6-17;;/h2-6,11-12,16,23-24H,7-10,13-15H2,1H3;2*1H. The third-order valence-corrected chi connectivity index (χ3v) is 4.97. The number of benzene rings is 2. The molecule has 0 aromatic heterocycles. The van der Waals surface area contributed by atoms with Crippen LogP contribution in [0.3, 0.4) is 0 Å². The van der Waals surface area contributed by atoms with Crippen molar-refractivity contribution in [2.45, 2.75) is 26.0 Å². The highest BCUT2D eigenvalue weighted by Gasteiger charge is 2.15. The van der Waals surface area contributed by atoms with Gasteiger partial charge in [-0.2, -0.15) is 0 Å². The van der Waals surface area contributed by atoms with Crippen molar-refractivity contribution in [2.75, 3.05) is 26.7 Å². The summed E-state index contributed by atoms with van der Waals surface area (Å²) >= 11 is 6.27. The number of halogens is 3. The van der Waals surface area contributed by atoms with Gasteiger partial charge in [-0.15, -0.1) is 24.8 Å². The topological polar surface area (TPSA) is 42.5 Å². The third-order valence-electron chi connectivity index (χ3n) is 4.75. The Kier molecular flexibility index (Phi) is 11.7. The molecular weight excluding hydrogens is 419 g/mol. The van der Waals surface area contributed by atoms with Crippen molar-refractivity contribution < 1.29 is 9.47 Å². The summed E-state index contributed by atoms with van der Waals surface area (Å²) in [5, 5.41) is 7.63. The summed E-state index contributed by atoms with van der Waals surface area (Å²) in [6.45, 7) is 4.45. The smallest absolute Gasteiger partial charge is 0.166 e. The van der Waals surface area contributed by atoms with E-state index in [1.54, 1.807) is 13.2 Å². The van der Waals surface area contributed by atoms with Gasteiger partial charge in [0.05, 0.1) is 7.11 Å². The van der Waals surface area contributed by atoms with Gasteiger partial charge >= 0.3 is 0 Å². The Labute approximate surface area is 185 Å². The van der Waals surface area contributed by atoms with E-state index in [4.69, 9.17) is 21.1 Å². The Morgan fingerprint density at radius 1 is 1.11 bits per heavy atom. The van der Waals surface area contributed by atoms with Crippen LogP contribution in [0.15, 0.2) is 42.5 Å². The molecule has 2 aromatic carbocycles. The monoisotopic (exact) mass is 446 g/mol. The van der Waals surface area contributed by atoms with Gasteiger partial charge in [0.15, 0.2) is 11.5 Å².